The van der Waals surface area contributed by atoms with Crippen molar-refractivity contribution in [3.05, 3.63) is 15.4 Å². The van der Waals surface area contributed by atoms with Crippen LogP contribution in [-0.4, -0.2) is 10.2 Å². The molecule has 0 aliphatic carbocycles. The van der Waals surface area contributed by atoms with Crippen LogP contribution in [0, 0.1) is 0 Å². The molecule has 44 valence electrons. The first-order valence-electron chi connectivity index (χ1n) is 1.93. The van der Waals surface area contributed by atoms with Crippen molar-refractivity contribution < 1.29 is 0 Å². The molecule has 0 spiro atoms. The zero-order chi connectivity index (χ0) is 6.15. The highest BCUT2D eigenvalue weighted by atomic mass is 35.5. The molecule has 0 unspecified atom stereocenters. The van der Waals surface area contributed by atoms with Gasteiger partial charge in [0.05, 0.1) is 0 Å². The molecule has 0 radical (unpaired) electrons. The second kappa shape index (κ2) is 1.56. The van der Waals surface area contributed by atoms with Gasteiger partial charge in [0.1, 0.15) is 10.8 Å². The molecule has 4 N–H and O–H groups in total. The molecule has 5 heteroatoms. The summed E-state index contributed by atoms with van der Waals surface area (Å²) in [7, 11) is 0. The van der Waals surface area contributed by atoms with Gasteiger partial charge in [0.2, 0.25) is 0 Å². The lowest BCUT2D eigenvalue weighted by Gasteiger charge is -1.77. The number of anilines is 1. The minimum Gasteiger partial charge on any atom is -0.383 e. The normalized spacial score (nSPS) is 9.62. The Bertz CT molecular complexity index is 237. The fourth-order valence-corrected chi connectivity index (χ4v) is 0.451. The van der Waals surface area contributed by atoms with Gasteiger partial charge in [-0.05, 0) is 0 Å². The van der Waals surface area contributed by atoms with E-state index in [0.717, 1.165) is 0 Å². The van der Waals surface area contributed by atoms with Gasteiger partial charge in [0, 0.05) is 0 Å². The van der Waals surface area contributed by atoms with E-state index in [-0.39, 0.29) is 16.4 Å². The van der Waals surface area contributed by atoms with Gasteiger partial charge in [-0.15, -0.1) is 0 Å². The van der Waals surface area contributed by atoms with E-state index in [4.69, 9.17) is 17.3 Å². The Balaban J connectivity index is 3.41. The molecular formula is C3H4ClN3O. The maximum atomic E-state index is 10.3. The van der Waals surface area contributed by atoms with Gasteiger partial charge >= 0.3 is 0 Å². The topological polar surface area (TPSA) is 74.7 Å². The Labute approximate surface area is 49.6 Å². The van der Waals surface area contributed by atoms with Crippen LogP contribution in [0.3, 0.4) is 0 Å². The molecule has 0 bridgehead atoms. The highest BCUT2D eigenvalue weighted by Gasteiger charge is 1.99. The second-order valence-electron chi connectivity index (χ2n) is 1.31. The number of hydrogen-bond acceptors (Lipinski definition) is 2. The van der Waals surface area contributed by atoms with Crippen molar-refractivity contribution in [1.82, 2.24) is 10.2 Å². The van der Waals surface area contributed by atoms with Gasteiger partial charge < -0.3 is 5.73 Å². The molecule has 1 aromatic heterocycles. The van der Waals surface area contributed by atoms with Crippen molar-refractivity contribution in [2.24, 2.45) is 0 Å². The third-order valence-electron chi connectivity index (χ3n) is 0.747. The largest absolute Gasteiger partial charge is 0.383 e. The molecule has 0 aromatic carbocycles. The Hall–Kier alpha value is -0.900. The van der Waals surface area contributed by atoms with Crippen molar-refractivity contribution in [3.8, 4) is 0 Å². The Morgan fingerprint density at radius 2 is 2.12 bits per heavy atom. The lowest BCUT2D eigenvalue weighted by molar-refractivity contribution is 1.06. The van der Waals surface area contributed by atoms with Gasteiger partial charge in [-0.1, -0.05) is 11.6 Å². The summed E-state index contributed by atoms with van der Waals surface area (Å²) in [6.45, 7) is 0. The fraction of sp³-hybridized carbons (Fsp3) is 0. The number of nitrogens with two attached hydrogens (primary N) is 1. The number of aromatic amines is 2. The van der Waals surface area contributed by atoms with Crippen LogP contribution in [0.1, 0.15) is 0 Å². The van der Waals surface area contributed by atoms with Crippen molar-refractivity contribution >= 4 is 17.4 Å². The number of H-pyrrole nitrogens is 2. The molecule has 1 heterocycles. The number of halogens is 1. The van der Waals surface area contributed by atoms with E-state index in [2.05, 4.69) is 10.2 Å². The van der Waals surface area contributed by atoms with E-state index >= 15 is 0 Å². The van der Waals surface area contributed by atoms with E-state index in [9.17, 15) is 4.79 Å². The van der Waals surface area contributed by atoms with Crippen LogP contribution in [0.25, 0.3) is 0 Å². The van der Waals surface area contributed by atoms with Crippen LogP contribution in [0.15, 0.2) is 4.79 Å². The van der Waals surface area contributed by atoms with Crippen LogP contribution in [-0.2, 0) is 0 Å². The van der Waals surface area contributed by atoms with E-state index in [1.807, 2.05) is 0 Å². The summed E-state index contributed by atoms with van der Waals surface area (Å²) in [5.41, 5.74) is 4.74. The smallest absolute Gasteiger partial charge is 0.284 e. The van der Waals surface area contributed by atoms with Gasteiger partial charge in [-0.2, -0.15) is 0 Å². The minimum absolute atomic E-state index is 0.0185. The highest BCUT2D eigenvalue weighted by molar-refractivity contribution is 6.32. The molecule has 0 aliphatic rings. The average Bonchev–Trinajstić information content (AvgIpc) is 1.98. The molecule has 0 saturated carbocycles. The van der Waals surface area contributed by atoms with Crippen molar-refractivity contribution in [3.63, 3.8) is 0 Å². The molecule has 4 nitrogen and oxygen atoms in total. The average molecular weight is 134 g/mol. The quantitative estimate of drug-likeness (QED) is 0.464. The van der Waals surface area contributed by atoms with Crippen molar-refractivity contribution in [2.45, 2.75) is 0 Å². The van der Waals surface area contributed by atoms with Crippen LogP contribution in [0.2, 0.25) is 5.02 Å². The molecule has 0 fully saturated rings. The monoisotopic (exact) mass is 133 g/mol. The lowest BCUT2D eigenvalue weighted by Crippen LogP contribution is -1.97. The molecule has 0 saturated heterocycles. The molecule has 1 aromatic rings. The second-order valence-corrected chi connectivity index (χ2v) is 1.68. The fourth-order valence-electron chi connectivity index (χ4n) is 0.356. The first-order chi connectivity index (χ1) is 3.72. The van der Waals surface area contributed by atoms with Crippen molar-refractivity contribution in [2.75, 3.05) is 5.73 Å². The summed E-state index contributed by atoms with van der Waals surface area (Å²) < 4.78 is 0. The number of hydrogen-bond donors (Lipinski definition) is 3. The summed E-state index contributed by atoms with van der Waals surface area (Å²) in [6.07, 6.45) is 0. The Morgan fingerprint density at radius 1 is 1.50 bits per heavy atom. The predicted octanol–water partition coefficient (Wildman–Crippen LogP) is -0.0614. The standard InChI is InChI=1S/C3H4ClN3O/c4-1-2(5)6-7-3(1)8/h(H4,5,6,7,8). The van der Waals surface area contributed by atoms with Crippen LogP contribution < -0.4 is 11.3 Å². The van der Waals surface area contributed by atoms with Crippen LogP contribution in [0.4, 0.5) is 5.82 Å². The first-order valence-corrected chi connectivity index (χ1v) is 2.31. The summed E-state index contributed by atoms with van der Waals surface area (Å²) >= 11 is 5.29. The summed E-state index contributed by atoms with van der Waals surface area (Å²) in [6, 6.07) is 0. The number of nitrogen functional groups attached to an aromatic ring is 1. The lowest BCUT2D eigenvalue weighted by atomic mass is 10.6. The Morgan fingerprint density at radius 3 is 2.25 bits per heavy atom. The van der Waals surface area contributed by atoms with Gasteiger partial charge in [0.25, 0.3) is 5.56 Å². The summed E-state index contributed by atoms with van der Waals surface area (Å²) in [5, 5.41) is 4.56. The zero-order valence-corrected chi connectivity index (χ0v) is 4.62. The highest BCUT2D eigenvalue weighted by Crippen LogP contribution is 2.05. The number of aromatic nitrogens is 2. The maximum Gasteiger partial charge on any atom is 0.284 e. The molecule has 0 aliphatic heterocycles. The molecule has 0 atom stereocenters. The maximum absolute atomic E-state index is 10.3. The van der Waals surface area contributed by atoms with Gasteiger partial charge in [0.15, 0.2) is 0 Å². The number of rotatable bonds is 0. The van der Waals surface area contributed by atoms with E-state index in [1.165, 1.54) is 0 Å². The Kier molecular flexibility index (Phi) is 1.02. The van der Waals surface area contributed by atoms with Crippen LogP contribution in [0.5, 0.6) is 0 Å². The summed E-state index contributed by atoms with van der Waals surface area (Å²) in [4.78, 5) is 10.3. The van der Waals surface area contributed by atoms with E-state index < -0.39 is 0 Å². The predicted molar refractivity (Wildman–Crippen MR) is 30.8 cm³/mol. The zero-order valence-electron chi connectivity index (χ0n) is 3.86. The van der Waals surface area contributed by atoms with Gasteiger partial charge in [-0.3, -0.25) is 15.0 Å². The summed E-state index contributed by atoms with van der Waals surface area (Å²) in [5.74, 6) is 0.177. The molecule has 1 rings (SSSR count). The first kappa shape index (κ1) is 5.24. The third-order valence-corrected chi connectivity index (χ3v) is 1.12. The molecular weight excluding hydrogens is 130 g/mol. The van der Waals surface area contributed by atoms with E-state index in [1.54, 1.807) is 0 Å². The molecule has 8 heavy (non-hydrogen) atoms. The SMILES string of the molecule is Nc1[nH][nH]c(=O)c1Cl. The van der Waals surface area contributed by atoms with Crippen molar-refractivity contribution in [1.29, 1.82) is 0 Å². The van der Waals surface area contributed by atoms with Gasteiger partial charge in [-0.25, -0.2) is 0 Å². The number of nitrogens with one attached hydrogen (secondary N) is 2. The third kappa shape index (κ3) is 0.586. The van der Waals surface area contributed by atoms with Crippen LogP contribution >= 0.6 is 11.6 Å². The minimum atomic E-state index is -0.385. The van der Waals surface area contributed by atoms with E-state index in [0.29, 0.717) is 0 Å². The molecule has 0 amide bonds.